The predicted molar refractivity (Wildman–Crippen MR) is 48.7 cm³/mol. The van der Waals surface area contributed by atoms with Crippen molar-refractivity contribution in [1.82, 2.24) is 0 Å². The van der Waals surface area contributed by atoms with Crippen molar-refractivity contribution >= 4 is 33.6 Å². The van der Waals surface area contributed by atoms with Crippen LogP contribution in [-0.2, 0) is 14.3 Å². The first-order chi connectivity index (χ1) is 7.09. The highest BCUT2D eigenvalue weighted by molar-refractivity contribution is 9.10. The van der Waals surface area contributed by atoms with Crippen molar-refractivity contribution in [2.45, 2.75) is 0 Å². The van der Waals surface area contributed by atoms with Crippen LogP contribution in [0.1, 0.15) is 0 Å². The Morgan fingerprint density at radius 3 is 2.60 bits per heavy atom. The van der Waals surface area contributed by atoms with Gasteiger partial charge in [-0.3, -0.25) is 0 Å². The molecule has 0 atom stereocenters. The first kappa shape index (κ1) is 9.85. The molecule has 0 bridgehead atoms. The van der Waals surface area contributed by atoms with Gasteiger partial charge in [0.05, 0.1) is 10.2 Å². The molecule has 76 valence electrons. The Bertz CT molecular complexity index is 495. The monoisotopic (exact) mass is 269 g/mol. The van der Waals surface area contributed by atoms with Gasteiger partial charge in [0.25, 0.3) is 5.70 Å². The van der Waals surface area contributed by atoms with Gasteiger partial charge in [0.1, 0.15) is 0 Å². The molecule has 0 aromatic carbocycles. The number of ether oxygens (including phenoxy) is 1. The second kappa shape index (κ2) is 3.47. The lowest BCUT2D eigenvalue weighted by Crippen LogP contribution is -2.36. The van der Waals surface area contributed by atoms with Crippen molar-refractivity contribution in [2.75, 3.05) is 0 Å². The molecular weight excluding hydrogens is 266 g/mol. The molecule has 1 aliphatic rings. The van der Waals surface area contributed by atoms with Crippen LogP contribution in [0.4, 0.5) is 0 Å². The molecule has 0 amide bonds. The number of hydrogen-bond acceptors (Lipinski definition) is 4. The molecule has 0 radical (unpaired) electrons. The normalized spacial score (nSPS) is 15.8. The molecular formula is C9H4BrNO4. The molecule has 2 rings (SSSR count). The van der Waals surface area contributed by atoms with Crippen LogP contribution in [0.15, 0.2) is 34.8 Å². The van der Waals surface area contributed by atoms with Gasteiger partial charge in [-0.15, -0.1) is 0 Å². The third kappa shape index (κ3) is 1.63. The average molecular weight is 270 g/mol. The van der Waals surface area contributed by atoms with Gasteiger partial charge in [-0.05, 0) is 22.0 Å². The van der Waals surface area contributed by atoms with Crippen molar-refractivity contribution in [3.05, 3.63) is 34.8 Å². The van der Waals surface area contributed by atoms with Crippen molar-refractivity contribution in [3.8, 4) is 0 Å². The van der Waals surface area contributed by atoms with Gasteiger partial charge in [-0.2, -0.15) is 4.57 Å². The summed E-state index contributed by atoms with van der Waals surface area (Å²) in [6.07, 6.45) is 2.98. The van der Waals surface area contributed by atoms with E-state index in [1.54, 1.807) is 12.1 Å². The van der Waals surface area contributed by atoms with E-state index < -0.39 is 17.7 Å². The molecule has 1 aromatic rings. The van der Waals surface area contributed by atoms with E-state index in [-0.39, 0.29) is 5.70 Å². The lowest BCUT2D eigenvalue weighted by molar-refractivity contribution is -0.582. The maximum atomic E-state index is 11.3. The minimum Gasteiger partial charge on any atom is -0.863 e. The number of carbonyl (C=O) groups is 2. The van der Waals surface area contributed by atoms with E-state index in [0.717, 1.165) is 0 Å². The summed E-state index contributed by atoms with van der Waals surface area (Å²) in [7, 11) is 0. The molecule has 2 heterocycles. The van der Waals surface area contributed by atoms with E-state index in [1.807, 2.05) is 0 Å². The van der Waals surface area contributed by atoms with Crippen molar-refractivity contribution in [3.63, 3.8) is 0 Å². The topological polar surface area (TPSA) is 70.3 Å². The molecule has 0 unspecified atom stereocenters. The molecule has 5 nitrogen and oxygen atoms in total. The van der Waals surface area contributed by atoms with Crippen molar-refractivity contribution < 1.29 is 24.0 Å². The standard InChI is InChI=1S/C9H4BrNO4/c10-5-2-1-3-11(4-5)6-7(12)9(14)15-8(6)13/h1-4H. The fraction of sp³-hybridized carbons (Fsp3) is 0. The summed E-state index contributed by atoms with van der Waals surface area (Å²) in [5, 5.41) is 11.3. The van der Waals surface area contributed by atoms with Crippen LogP contribution < -0.4 is 9.67 Å². The number of nitrogens with zero attached hydrogens (tertiary/aromatic N) is 1. The Hall–Kier alpha value is -1.69. The number of hydrogen-bond donors (Lipinski definition) is 0. The zero-order chi connectivity index (χ0) is 11.0. The lowest BCUT2D eigenvalue weighted by Gasteiger charge is -1.98. The highest BCUT2D eigenvalue weighted by Gasteiger charge is 2.35. The second-order valence-electron chi connectivity index (χ2n) is 2.78. The van der Waals surface area contributed by atoms with Gasteiger partial charge >= 0.3 is 11.9 Å². The summed E-state index contributed by atoms with van der Waals surface area (Å²) in [6, 6.07) is 3.35. The van der Waals surface area contributed by atoms with Gasteiger partial charge in [-0.25, -0.2) is 9.59 Å². The summed E-state index contributed by atoms with van der Waals surface area (Å²) < 4.78 is 6.11. The van der Waals surface area contributed by atoms with E-state index in [9.17, 15) is 14.7 Å². The molecule has 1 aromatic heterocycles. The fourth-order valence-corrected chi connectivity index (χ4v) is 1.55. The smallest absolute Gasteiger partial charge is 0.411 e. The SMILES string of the molecule is O=C1OC(=O)C([n+]2cccc(Br)c2)=C1[O-]. The molecule has 0 N–H and O–H groups in total. The molecule has 0 saturated carbocycles. The molecule has 0 spiro atoms. The minimum absolute atomic E-state index is 0.290. The fourth-order valence-electron chi connectivity index (χ4n) is 1.18. The van der Waals surface area contributed by atoms with Crippen LogP contribution in [0.5, 0.6) is 0 Å². The molecule has 15 heavy (non-hydrogen) atoms. The van der Waals surface area contributed by atoms with E-state index in [4.69, 9.17) is 0 Å². The zero-order valence-electron chi connectivity index (χ0n) is 7.27. The highest BCUT2D eigenvalue weighted by Crippen LogP contribution is 2.13. The van der Waals surface area contributed by atoms with Gasteiger partial charge in [0.15, 0.2) is 12.4 Å². The molecule has 6 heteroatoms. The summed E-state index contributed by atoms with van der Waals surface area (Å²) in [5.74, 6) is -2.99. The van der Waals surface area contributed by atoms with Gasteiger partial charge in [0.2, 0.25) is 0 Å². The van der Waals surface area contributed by atoms with Gasteiger partial charge in [-0.1, -0.05) is 0 Å². The number of halogens is 1. The summed E-state index contributed by atoms with van der Waals surface area (Å²) in [5.41, 5.74) is -0.290. The molecule has 0 saturated heterocycles. The third-order valence-corrected chi connectivity index (χ3v) is 2.27. The maximum absolute atomic E-state index is 11.3. The number of carbonyl (C=O) groups excluding carboxylic acids is 2. The Kier molecular flexibility index (Phi) is 2.28. The number of esters is 2. The number of rotatable bonds is 1. The van der Waals surface area contributed by atoms with Gasteiger partial charge < -0.3 is 9.84 Å². The second-order valence-corrected chi connectivity index (χ2v) is 3.70. The summed E-state index contributed by atoms with van der Waals surface area (Å²) in [6.45, 7) is 0. The molecule has 1 aliphatic heterocycles. The molecule has 0 fully saturated rings. The first-order valence-electron chi connectivity index (χ1n) is 3.94. The van der Waals surface area contributed by atoms with Crippen LogP contribution in [-0.4, -0.2) is 11.9 Å². The van der Waals surface area contributed by atoms with Crippen molar-refractivity contribution in [2.24, 2.45) is 0 Å². The average Bonchev–Trinajstić information content (AvgIpc) is 2.41. The summed E-state index contributed by atoms with van der Waals surface area (Å²) in [4.78, 5) is 22.0. The van der Waals surface area contributed by atoms with Crippen LogP contribution >= 0.6 is 15.9 Å². The van der Waals surface area contributed by atoms with E-state index in [2.05, 4.69) is 20.7 Å². The minimum atomic E-state index is -1.14. The maximum Gasteiger partial charge on any atom is 0.411 e. The van der Waals surface area contributed by atoms with Crippen LogP contribution in [0, 0.1) is 0 Å². The van der Waals surface area contributed by atoms with E-state index in [1.165, 1.54) is 17.0 Å². The Balaban J connectivity index is 2.56. The van der Waals surface area contributed by atoms with E-state index in [0.29, 0.717) is 4.47 Å². The Morgan fingerprint density at radius 2 is 2.07 bits per heavy atom. The first-order valence-corrected chi connectivity index (χ1v) is 4.74. The van der Waals surface area contributed by atoms with Crippen LogP contribution in [0.3, 0.4) is 0 Å². The zero-order valence-corrected chi connectivity index (χ0v) is 8.85. The molecule has 0 aliphatic carbocycles. The van der Waals surface area contributed by atoms with Crippen molar-refractivity contribution in [1.29, 1.82) is 0 Å². The number of pyridine rings is 1. The predicted octanol–water partition coefficient (Wildman–Crippen LogP) is -0.651. The van der Waals surface area contributed by atoms with E-state index >= 15 is 0 Å². The third-order valence-electron chi connectivity index (χ3n) is 1.80. The van der Waals surface area contributed by atoms with Gasteiger partial charge in [0, 0.05) is 6.07 Å². The van der Waals surface area contributed by atoms with Crippen LogP contribution in [0.2, 0.25) is 0 Å². The Labute approximate surface area is 92.7 Å². The quantitative estimate of drug-likeness (QED) is 0.386. The van der Waals surface area contributed by atoms with Crippen LogP contribution in [0.25, 0.3) is 5.70 Å². The highest BCUT2D eigenvalue weighted by atomic mass is 79.9. The number of cyclic esters (lactones) is 2. The largest absolute Gasteiger partial charge is 0.863 e. The Morgan fingerprint density at radius 1 is 1.33 bits per heavy atom. The number of aromatic nitrogens is 1. The summed E-state index contributed by atoms with van der Waals surface area (Å²) >= 11 is 3.18. The lowest BCUT2D eigenvalue weighted by atomic mass is 10.3.